The summed E-state index contributed by atoms with van der Waals surface area (Å²) in [5.74, 6) is -0.0988. The normalized spacial score (nSPS) is 41.5. The Morgan fingerprint density at radius 3 is 2.33 bits per heavy atom. The van der Waals surface area contributed by atoms with Crippen LogP contribution in [0.4, 0.5) is 0 Å². The van der Waals surface area contributed by atoms with Gasteiger partial charge in [-0.2, -0.15) is 0 Å². The zero-order chi connectivity index (χ0) is 16.8. The fourth-order valence-electron chi connectivity index (χ4n) is 4.49. The molecule has 5 nitrogen and oxygen atoms in total. The Morgan fingerprint density at radius 1 is 1.04 bits per heavy atom. The van der Waals surface area contributed by atoms with Crippen LogP contribution < -0.4 is 10.9 Å². The minimum atomic E-state index is -0.805. The van der Waals surface area contributed by atoms with E-state index in [-0.39, 0.29) is 29.4 Å². The molecule has 1 aromatic carbocycles. The Bertz CT molecular complexity index is 617. The number of alkyl halides is 1. The second kappa shape index (κ2) is 6.30. The molecule has 0 spiro atoms. The maximum Gasteiger partial charge on any atom is 0.322 e. The number of fused-ring (bicyclic) bond motifs is 1. The Balaban J connectivity index is 1.49. The molecule has 3 fully saturated rings. The van der Waals surface area contributed by atoms with E-state index in [2.05, 4.69) is 35.1 Å². The van der Waals surface area contributed by atoms with Gasteiger partial charge >= 0.3 is 5.97 Å². The van der Waals surface area contributed by atoms with Gasteiger partial charge < -0.3 is 10.2 Å². The highest BCUT2D eigenvalue weighted by Gasteiger charge is 2.46. The predicted molar refractivity (Wildman–Crippen MR) is 91.0 cm³/mol. The lowest BCUT2D eigenvalue weighted by Crippen LogP contribution is -2.41. The van der Waals surface area contributed by atoms with Crippen molar-refractivity contribution >= 4 is 17.6 Å². The van der Waals surface area contributed by atoms with Crippen molar-refractivity contribution in [1.29, 1.82) is 0 Å². The quantitative estimate of drug-likeness (QED) is 0.626. The molecule has 0 bridgehead atoms. The summed E-state index contributed by atoms with van der Waals surface area (Å²) < 4.78 is 0. The number of hydrogen-bond donors (Lipinski definition) is 4. The largest absolute Gasteiger partial charge is 0.480 e. The molecule has 5 atom stereocenters. The van der Waals surface area contributed by atoms with Crippen molar-refractivity contribution in [2.45, 2.75) is 61.1 Å². The zero-order valence-corrected chi connectivity index (χ0v) is 14.1. The van der Waals surface area contributed by atoms with E-state index in [0.29, 0.717) is 5.92 Å². The number of hydrogen-bond acceptors (Lipinski definition) is 4. The van der Waals surface area contributed by atoms with Crippen LogP contribution in [0, 0.1) is 5.92 Å². The lowest BCUT2D eigenvalue weighted by Gasteiger charge is -2.36. The highest BCUT2D eigenvalue weighted by Crippen LogP contribution is 2.43. The van der Waals surface area contributed by atoms with Crippen molar-refractivity contribution in [2.24, 2.45) is 5.92 Å². The molecule has 4 rings (SSSR count). The van der Waals surface area contributed by atoms with Crippen LogP contribution in [0.3, 0.4) is 0 Å². The van der Waals surface area contributed by atoms with Gasteiger partial charge in [0.15, 0.2) is 0 Å². The van der Waals surface area contributed by atoms with Gasteiger partial charge in [0.25, 0.3) is 0 Å². The van der Waals surface area contributed by atoms with Gasteiger partial charge in [-0.3, -0.25) is 10.2 Å². The third-order valence-corrected chi connectivity index (χ3v) is 6.51. The topological polar surface area (TPSA) is 81.6 Å². The number of carboxylic acid groups (broad SMARTS) is 1. The molecule has 6 heteroatoms. The second-order valence-electron chi connectivity index (χ2n) is 7.46. The van der Waals surface area contributed by atoms with Crippen molar-refractivity contribution in [3.8, 4) is 0 Å². The summed E-state index contributed by atoms with van der Waals surface area (Å²) in [5, 5.41) is 18.8. The number of aliphatic carboxylic acids is 1. The molecule has 3 aliphatic rings. The third-order valence-electron chi connectivity index (χ3n) is 6.03. The highest BCUT2D eigenvalue weighted by molar-refractivity contribution is 6.21. The minimum Gasteiger partial charge on any atom is -0.480 e. The molecule has 1 aliphatic heterocycles. The van der Waals surface area contributed by atoms with E-state index in [9.17, 15) is 15.0 Å². The van der Waals surface area contributed by atoms with Crippen LogP contribution in [0.5, 0.6) is 0 Å². The van der Waals surface area contributed by atoms with Crippen molar-refractivity contribution in [3.05, 3.63) is 35.4 Å². The molecule has 2 saturated carbocycles. The van der Waals surface area contributed by atoms with Crippen LogP contribution >= 0.6 is 11.6 Å². The summed E-state index contributed by atoms with van der Waals surface area (Å²) in [7, 11) is 0. The number of hydrazine groups is 1. The van der Waals surface area contributed by atoms with Gasteiger partial charge in [0.2, 0.25) is 0 Å². The predicted octanol–water partition coefficient (Wildman–Crippen LogP) is 1.96. The Morgan fingerprint density at radius 2 is 1.71 bits per heavy atom. The first-order chi connectivity index (χ1) is 11.5. The summed E-state index contributed by atoms with van der Waals surface area (Å²) >= 11 is 6.62. The van der Waals surface area contributed by atoms with Gasteiger partial charge in [0, 0.05) is 23.3 Å². The van der Waals surface area contributed by atoms with E-state index in [1.807, 2.05) is 0 Å². The average molecular weight is 351 g/mol. The molecule has 5 unspecified atom stereocenters. The molecule has 1 saturated heterocycles. The standard InChI is InChI=1S/C18H23ClN2O3/c19-15-8-16-14(17(18(23)24)21-20-16)7-13(15)10-3-1-9(2-4-10)11-5-12(22)6-11/h1-4,11-17,20-22H,5-8H2,(H,23,24). The lowest BCUT2D eigenvalue weighted by atomic mass is 9.72. The smallest absolute Gasteiger partial charge is 0.322 e. The molecular weight excluding hydrogens is 328 g/mol. The average Bonchev–Trinajstić information content (AvgIpc) is 2.94. The number of nitrogens with one attached hydrogen (secondary N) is 2. The van der Waals surface area contributed by atoms with Crippen molar-refractivity contribution in [1.82, 2.24) is 10.9 Å². The minimum absolute atomic E-state index is 0.00414. The van der Waals surface area contributed by atoms with E-state index in [0.717, 1.165) is 25.7 Å². The van der Waals surface area contributed by atoms with Gasteiger partial charge in [-0.1, -0.05) is 24.3 Å². The van der Waals surface area contributed by atoms with E-state index in [1.165, 1.54) is 11.1 Å². The number of benzene rings is 1. The fraction of sp³-hybridized carbons (Fsp3) is 0.611. The van der Waals surface area contributed by atoms with E-state index in [1.54, 1.807) is 0 Å². The van der Waals surface area contributed by atoms with Crippen molar-refractivity contribution in [2.75, 3.05) is 0 Å². The van der Waals surface area contributed by atoms with Crippen LogP contribution in [0.1, 0.15) is 48.6 Å². The molecule has 24 heavy (non-hydrogen) atoms. The van der Waals surface area contributed by atoms with E-state index < -0.39 is 12.0 Å². The van der Waals surface area contributed by atoms with Crippen LogP contribution in [-0.4, -0.2) is 39.7 Å². The van der Waals surface area contributed by atoms with Crippen LogP contribution in [-0.2, 0) is 4.79 Å². The number of carbonyl (C=O) groups is 1. The number of halogens is 1. The van der Waals surface area contributed by atoms with Gasteiger partial charge in [-0.15, -0.1) is 11.6 Å². The van der Waals surface area contributed by atoms with Gasteiger partial charge in [-0.25, -0.2) is 5.43 Å². The summed E-state index contributed by atoms with van der Waals surface area (Å²) in [5.41, 5.74) is 8.46. The van der Waals surface area contributed by atoms with Gasteiger partial charge in [0.1, 0.15) is 6.04 Å². The summed E-state index contributed by atoms with van der Waals surface area (Å²) in [4.78, 5) is 11.4. The third kappa shape index (κ3) is 2.84. The maximum atomic E-state index is 11.4. The number of rotatable bonds is 3. The molecule has 2 aliphatic carbocycles. The summed E-state index contributed by atoms with van der Waals surface area (Å²) in [6.07, 6.45) is 3.10. The maximum absolute atomic E-state index is 11.4. The molecular formula is C18H23ClN2O3. The number of carboxylic acids is 1. The van der Waals surface area contributed by atoms with Crippen molar-refractivity contribution < 1.29 is 15.0 Å². The first-order valence-corrected chi connectivity index (χ1v) is 9.12. The zero-order valence-electron chi connectivity index (χ0n) is 13.4. The van der Waals surface area contributed by atoms with Crippen LogP contribution in [0.15, 0.2) is 24.3 Å². The van der Waals surface area contributed by atoms with E-state index in [4.69, 9.17) is 11.6 Å². The molecule has 0 amide bonds. The Kier molecular flexibility index (Phi) is 4.29. The lowest BCUT2D eigenvalue weighted by molar-refractivity contribution is -0.140. The molecule has 1 aromatic rings. The highest BCUT2D eigenvalue weighted by atomic mass is 35.5. The summed E-state index contributed by atoms with van der Waals surface area (Å²) in [6.45, 7) is 0. The number of aliphatic hydroxyl groups excluding tert-OH is 1. The number of aliphatic hydroxyl groups is 1. The van der Waals surface area contributed by atoms with Gasteiger partial charge in [-0.05, 0) is 42.7 Å². The monoisotopic (exact) mass is 350 g/mol. The van der Waals surface area contributed by atoms with Crippen LogP contribution in [0.25, 0.3) is 0 Å². The molecule has 0 aromatic heterocycles. The Labute approximate surface area is 146 Å². The van der Waals surface area contributed by atoms with Gasteiger partial charge in [0.05, 0.1) is 6.10 Å². The first-order valence-electron chi connectivity index (χ1n) is 8.68. The van der Waals surface area contributed by atoms with Crippen LogP contribution in [0.2, 0.25) is 0 Å². The SMILES string of the molecule is O=C(O)C1NNC2CC(Cl)C(c3ccc(C4CC(O)C4)cc3)CC21. The molecule has 130 valence electrons. The summed E-state index contributed by atoms with van der Waals surface area (Å²) in [6, 6.07) is 8.12. The van der Waals surface area contributed by atoms with Crippen molar-refractivity contribution in [3.63, 3.8) is 0 Å². The Hall–Kier alpha value is -1.14. The molecule has 4 N–H and O–H groups in total. The fourth-order valence-corrected chi connectivity index (χ4v) is 4.93. The van der Waals surface area contributed by atoms with E-state index >= 15 is 0 Å². The molecule has 1 heterocycles. The second-order valence-corrected chi connectivity index (χ2v) is 8.02. The first kappa shape index (κ1) is 16.3. The molecule has 0 radical (unpaired) electrons.